The Hall–Kier alpha value is -0.0800. The lowest BCUT2D eigenvalue weighted by molar-refractivity contribution is 0.187. The van der Waals surface area contributed by atoms with Gasteiger partial charge in [0.25, 0.3) is 0 Å². The van der Waals surface area contributed by atoms with Gasteiger partial charge >= 0.3 is 0 Å². The van der Waals surface area contributed by atoms with Gasteiger partial charge in [-0.15, -0.1) is 0 Å². The van der Waals surface area contributed by atoms with Crippen LogP contribution >= 0.6 is 0 Å². The first-order valence-electron chi connectivity index (χ1n) is 4.18. The van der Waals surface area contributed by atoms with E-state index in [0.29, 0.717) is 6.04 Å². The first-order valence-corrected chi connectivity index (χ1v) is 4.18. The standard InChI is InChI=1S/C8H18N2/c1-3-7-4-5-10(2)6-8(7)9/h7-8H,3-6,9H2,1-2H3/t7?,8-/m1/s1. The maximum atomic E-state index is 5.94. The topological polar surface area (TPSA) is 29.3 Å². The van der Waals surface area contributed by atoms with Crippen molar-refractivity contribution in [3.63, 3.8) is 0 Å². The second-order valence-electron chi connectivity index (χ2n) is 3.38. The minimum Gasteiger partial charge on any atom is -0.326 e. The third-order valence-electron chi connectivity index (χ3n) is 2.53. The molecule has 1 rings (SSSR count). The second-order valence-corrected chi connectivity index (χ2v) is 3.38. The minimum atomic E-state index is 0.420. The monoisotopic (exact) mass is 142 g/mol. The molecule has 1 fully saturated rings. The van der Waals surface area contributed by atoms with Crippen molar-refractivity contribution in [1.82, 2.24) is 4.90 Å². The molecule has 2 N–H and O–H groups in total. The van der Waals surface area contributed by atoms with E-state index in [1.165, 1.54) is 19.4 Å². The largest absolute Gasteiger partial charge is 0.326 e. The van der Waals surface area contributed by atoms with Gasteiger partial charge in [-0.05, 0) is 25.9 Å². The zero-order valence-corrected chi connectivity index (χ0v) is 7.01. The second kappa shape index (κ2) is 3.35. The lowest BCUT2D eigenvalue weighted by atomic mass is 9.90. The molecule has 2 nitrogen and oxygen atoms in total. The van der Waals surface area contributed by atoms with Crippen LogP contribution < -0.4 is 5.73 Å². The predicted molar refractivity (Wildman–Crippen MR) is 43.9 cm³/mol. The SMILES string of the molecule is CCC1CCN(C)C[C@H]1N. The molecule has 0 bridgehead atoms. The van der Waals surface area contributed by atoms with Crippen molar-refractivity contribution in [2.24, 2.45) is 11.7 Å². The van der Waals surface area contributed by atoms with Gasteiger partial charge in [-0.1, -0.05) is 13.3 Å². The highest BCUT2D eigenvalue weighted by Gasteiger charge is 2.22. The molecule has 60 valence electrons. The van der Waals surface area contributed by atoms with Crippen molar-refractivity contribution in [3.8, 4) is 0 Å². The molecule has 0 radical (unpaired) electrons. The Kier molecular flexibility index (Phi) is 2.69. The van der Waals surface area contributed by atoms with E-state index in [9.17, 15) is 0 Å². The van der Waals surface area contributed by atoms with Gasteiger partial charge in [-0.25, -0.2) is 0 Å². The average molecular weight is 142 g/mol. The van der Waals surface area contributed by atoms with Gasteiger partial charge < -0.3 is 10.6 Å². The number of nitrogens with zero attached hydrogens (tertiary/aromatic N) is 1. The summed E-state index contributed by atoms with van der Waals surface area (Å²) in [7, 11) is 2.14. The zero-order chi connectivity index (χ0) is 7.56. The predicted octanol–water partition coefficient (Wildman–Crippen LogP) is 0.675. The molecule has 0 aromatic rings. The maximum absolute atomic E-state index is 5.94. The summed E-state index contributed by atoms with van der Waals surface area (Å²) in [6.07, 6.45) is 2.53. The van der Waals surface area contributed by atoms with Gasteiger partial charge in [0.2, 0.25) is 0 Å². The van der Waals surface area contributed by atoms with Gasteiger partial charge in [0.1, 0.15) is 0 Å². The Bertz CT molecular complexity index is 103. The summed E-state index contributed by atoms with van der Waals surface area (Å²) < 4.78 is 0. The Balaban J connectivity index is 2.36. The van der Waals surface area contributed by atoms with Crippen LogP contribution in [0.1, 0.15) is 19.8 Å². The fourth-order valence-electron chi connectivity index (χ4n) is 1.71. The Morgan fingerprint density at radius 3 is 2.80 bits per heavy atom. The highest BCUT2D eigenvalue weighted by atomic mass is 15.1. The quantitative estimate of drug-likeness (QED) is 0.583. The van der Waals surface area contributed by atoms with Crippen LogP contribution in [0.25, 0.3) is 0 Å². The molecule has 10 heavy (non-hydrogen) atoms. The minimum absolute atomic E-state index is 0.420. The fourth-order valence-corrected chi connectivity index (χ4v) is 1.71. The van der Waals surface area contributed by atoms with E-state index in [0.717, 1.165) is 12.5 Å². The van der Waals surface area contributed by atoms with Gasteiger partial charge in [0.15, 0.2) is 0 Å². The van der Waals surface area contributed by atoms with Crippen LogP contribution in [0.5, 0.6) is 0 Å². The van der Waals surface area contributed by atoms with Crippen LogP contribution in [0.4, 0.5) is 0 Å². The Labute approximate surface area is 63.4 Å². The van der Waals surface area contributed by atoms with Crippen molar-refractivity contribution < 1.29 is 0 Å². The van der Waals surface area contributed by atoms with Crippen LogP contribution in [0.3, 0.4) is 0 Å². The van der Waals surface area contributed by atoms with Crippen molar-refractivity contribution in [2.75, 3.05) is 20.1 Å². The summed E-state index contributed by atoms with van der Waals surface area (Å²) in [4.78, 5) is 2.32. The highest BCUT2D eigenvalue weighted by Crippen LogP contribution is 2.17. The molecule has 0 spiro atoms. The first kappa shape index (κ1) is 8.02. The van der Waals surface area contributed by atoms with E-state index in [-0.39, 0.29) is 0 Å². The molecule has 1 unspecified atom stereocenters. The molecular formula is C8H18N2. The number of piperidine rings is 1. The smallest absolute Gasteiger partial charge is 0.0196 e. The Morgan fingerprint density at radius 1 is 1.60 bits per heavy atom. The van der Waals surface area contributed by atoms with E-state index in [4.69, 9.17) is 5.73 Å². The highest BCUT2D eigenvalue weighted by molar-refractivity contribution is 4.80. The van der Waals surface area contributed by atoms with Crippen molar-refractivity contribution in [2.45, 2.75) is 25.8 Å². The average Bonchev–Trinajstić information content (AvgIpc) is 1.88. The number of hydrogen-bond acceptors (Lipinski definition) is 2. The van der Waals surface area contributed by atoms with Crippen LogP contribution in [0, 0.1) is 5.92 Å². The third kappa shape index (κ3) is 1.70. The number of likely N-dealkylation sites (N-methyl/N-ethyl adjacent to an activating group) is 1. The van der Waals surface area contributed by atoms with Crippen molar-refractivity contribution >= 4 is 0 Å². The molecule has 1 aliphatic heterocycles. The normalized spacial score (nSPS) is 36.3. The molecule has 2 heteroatoms. The maximum Gasteiger partial charge on any atom is 0.0196 e. The number of rotatable bonds is 1. The third-order valence-corrected chi connectivity index (χ3v) is 2.53. The number of hydrogen-bond donors (Lipinski definition) is 1. The molecule has 0 amide bonds. The Morgan fingerprint density at radius 2 is 2.30 bits per heavy atom. The summed E-state index contributed by atoms with van der Waals surface area (Å²) in [6, 6.07) is 0.420. The van der Waals surface area contributed by atoms with Crippen molar-refractivity contribution in [1.29, 1.82) is 0 Å². The van der Waals surface area contributed by atoms with Gasteiger partial charge in [0, 0.05) is 12.6 Å². The number of nitrogens with two attached hydrogens (primary N) is 1. The molecule has 1 saturated heterocycles. The molecule has 0 aromatic heterocycles. The molecule has 0 aliphatic carbocycles. The van der Waals surface area contributed by atoms with Crippen LogP contribution in [0.2, 0.25) is 0 Å². The summed E-state index contributed by atoms with van der Waals surface area (Å²) in [5.74, 6) is 0.774. The van der Waals surface area contributed by atoms with Crippen LogP contribution in [-0.4, -0.2) is 31.1 Å². The summed E-state index contributed by atoms with van der Waals surface area (Å²) in [6.45, 7) is 4.54. The van der Waals surface area contributed by atoms with E-state index < -0.39 is 0 Å². The van der Waals surface area contributed by atoms with E-state index in [1.54, 1.807) is 0 Å². The van der Waals surface area contributed by atoms with E-state index in [2.05, 4.69) is 18.9 Å². The van der Waals surface area contributed by atoms with Gasteiger partial charge in [0.05, 0.1) is 0 Å². The van der Waals surface area contributed by atoms with Gasteiger partial charge in [-0.2, -0.15) is 0 Å². The number of likely N-dealkylation sites (tertiary alicyclic amines) is 1. The summed E-state index contributed by atoms with van der Waals surface area (Å²) in [5.41, 5.74) is 5.94. The van der Waals surface area contributed by atoms with Gasteiger partial charge in [-0.3, -0.25) is 0 Å². The summed E-state index contributed by atoms with van der Waals surface area (Å²) >= 11 is 0. The van der Waals surface area contributed by atoms with E-state index in [1.807, 2.05) is 0 Å². The van der Waals surface area contributed by atoms with Crippen molar-refractivity contribution in [3.05, 3.63) is 0 Å². The molecule has 0 saturated carbocycles. The molecule has 2 atom stereocenters. The molecule has 1 heterocycles. The first-order chi connectivity index (χ1) is 4.74. The van der Waals surface area contributed by atoms with Crippen LogP contribution in [0.15, 0.2) is 0 Å². The van der Waals surface area contributed by atoms with E-state index >= 15 is 0 Å². The molecule has 1 aliphatic rings. The molecule has 0 aromatic carbocycles. The zero-order valence-electron chi connectivity index (χ0n) is 7.01. The molecular weight excluding hydrogens is 124 g/mol. The lowest BCUT2D eigenvalue weighted by Crippen LogP contribution is -2.46. The van der Waals surface area contributed by atoms with Crippen LogP contribution in [-0.2, 0) is 0 Å². The fraction of sp³-hybridized carbons (Fsp3) is 1.00. The lowest BCUT2D eigenvalue weighted by Gasteiger charge is -2.33. The summed E-state index contributed by atoms with van der Waals surface area (Å²) in [5, 5.41) is 0.